The Morgan fingerprint density at radius 2 is 1.84 bits per heavy atom. The molecule has 0 amide bonds. The number of halogens is 1. The van der Waals surface area contributed by atoms with Gasteiger partial charge in [-0.25, -0.2) is 4.98 Å². The van der Waals surface area contributed by atoms with Crippen molar-refractivity contribution in [2.24, 2.45) is 0 Å². The van der Waals surface area contributed by atoms with Crippen LogP contribution in [0.15, 0.2) is 54.6 Å². The first-order valence-corrected chi connectivity index (χ1v) is 8.56. The Morgan fingerprint density at radius 1 is 1.12 bits per heavy atom. The van der Waals surface area contributed by atoms with Gasteiger partial charge in [0.15, 0.2) is 0 Å². The van der Waals surface area contributed by atoms with Crippen molar-refractivity contribution in [3.63, 3.8) is 0 Å². The zero-order valence-electron chi connectivity index (χ0n) is 14.7. The number of hydrogen-bond acceptors (Lipinski definition) is 4. The highest BCUT2D eigenvalue weighted by molar-refractivity contribution is 6.34. The van der Waals surface area contributed by atoms with E-state index in [9.17, 15) is 0 Å². The number of likely N-dealkylation sites (N-methyl/N-ethyl adjacent to an activating group) is 1. The molecule has 0 radical (unpaired) electrons. The number of aromatic nitrogens is 1. The Labute approximate surface area is 153 Å². The molecule has 0 saturated heterocycles. The molecule has 3 rings (SSSR count). The summed E-state index contributed by atoms with van der Waals surface area (Å²) in [5.74, 6) is 1.64. The van der Waals surface area contributed by atoms with Crippen molar-refractivity contribution in [2.75, 3.05) is 33.1 Å². The topological polar surface area (TPSA) is 37.4 Å². The fraction of sp³-hybridized carbons (Fsp3) is 0.250. The number of ether oxygens (including phenoxy) is 1. The SMILES string of the molecule is COc1ccc(C(CNc2cc3ccccc3c(Cl)n2)N(C)C)cc1. The van der Waals surface area contributed by atoms with Crippen LogP contribution < -0.4 is 10.1 Å². The fourth-order valence-corrected chi connectivity index (χ4v) is 3.14. The standard InChI is InChI=1S/C20H22ClN3O/c1-24(2)18(14-8-10-16(25-3)11-9-14)13-22-19-12-15-6-4-5-7-17(15)20(21)23-19/h4-12,18H,13H2,1-3H3,(H,22,23). The van der Waals surface area contributed by atoms with E-state index in [1.807, 2.05) is 42.5 Å². The molecule has 4 nitrogen and oxygen atoms in total. The van der Waals surface area contributed by atoms with E-state index in [-0.39, 0.29) is 6.04 Å². The number of hydrogen-bond donors (Lipinski definition) is 1. The van der Waals surface area contributed by atoms with Gasteiger partial charge < -0.3 is 15.0 Å². The van der Waals surface area contributed by atoms with E-state index in [1.165, 1.54) is 5.56 Å². The van der Waals surface area contributed by atoms with E-state index in [1.54, 1.807) is 7.11 Å². The van der Waals surface area contributed by atoms with Crippen molar-refractivity contribution in [3.8, 4) is 5.75 Å². The van der Waals surface area contributed by atoms with Crippen LogP contribution in [0.25, 0.3) is 10.8 Å². The van der Waals surface area contributed by atoms with Gasteiger partial charge in [0.25, 0.3) is 0 Å². The third-order valence-electron chi connectivity index (χ3n) is 4.29. The van der Waals surface area contributed by atoms with Crippen LogP contribution in [0, 0.1) is 0 Å². The highest BCUT2D eigenvalue weighted by atomic mass is 35.5. The molecule has 5 heteroatoms. The number of pyridine rings is 1. The molecule has 1 N–H and O–H groups in total. The van der Waals surface area contributed by atoms with Gasteiger partial charge in [0, 0.05) is 11.9 Å². The van der Waals surface area contributed by atoms with Crippen LogP contribution in [0.5, 0.6) is 5.75 Å². The number of methoxy groups -OCH3 is 1. The summed E-state index contributed by atoms with van der Waals surface area (Å²) in [6, 6.07) is 18.4. The summed E-state index contributed by atoms with van der Waals surface area (Å²) in [5, 5.41) is 5.98. The minimum Gasteiger partial charge on any atom is -0.497 e. The average molecular weight is 356 g/mol. The summed E-state index contributed by atoms with van der Waals surface area (Å²) in [4.78, 5) is 6.65. The number of rotatable bonds is 6. The van der Waals surface area contributed by atoms with Gasteiger partial charge in [0.05, 0.1) is 13.2 Å². The molecule has 0 aliphatic rings. The van der Waals surface area contributed by atoms with E-state index >= 15 is 0 Å². The molecule has 1 atom stereocenters. The van der Waals surface area contributed by atoms with Gasteiger partial charge in [-0.2, -0.15) is 0 Å². The minimum absolute atomic E-state index is 0.206. The molecule has 3 aromatic rings. The van der Waals surface area contributed by atoms with Crippen LogP contribution in [0.3, 0.4) is 0 Å². The molecular weight excluding hydrogens is 334 g/mol. The molecule has 0 aliphatic carbocycles. The maximum absolute atomic E-state index is 6.32. The van der Waals surface area contributed by atoms with Crippen LogP contribution in [0.1, 0.15) is 11.6 Å². The van der Waals surface area contributed by atoms with E-state index < -0.39 is 0 Å². The molecule has 2 aromatic carbocycles. The van der Waals surface area contributed by atoms with Crippen molar-refractivity contribution in [1.29, 1.82) is 0 Å². The number of anilines is 1. The second-order valence-electron chi connectivity index (χ2n) is 6.15. The third-order valence-corrected chi connectivity index (χ3v) is 4.58. The maximum atomic E-state index is 6.32. The molecule has 0 fully saturated rings. The Balaban J connectivity index is 1.79. The predicted octanol–water partition coefficient (Wildman–Crippen LogP) is 4.61. The smallest absolute Gasteiger partial charge is 0.139 e. The zero-order valence-corrected chi connectivity index (χ0v) is 15.4. The van der Waals surface area contributed by atoms with E-state index in [2.05, 4.69) is 41.4 Å². The zero-order chi connectivity index (χ0) is 17.8. The first-order valence-electron chi connectivity index (χ1n) is 8.18. The Kier molecular flexibility index (Phi) is 5.41. The predicted molar refractivity (Wildman–Crippen MR) is 105 cm³/mol. The van der Waals surface area contributed by atoms with E-state index in [0.29, 0.717) is 5.15 Å². The lowest BCUT2D eigenvalue weighted by Gasteiger charge is -2.25. The monoisotopic (exact) mass is 355 g/mol. The molecule has 0 spiro atoms. The largest absolute Gasteiger partial charge is 0.497 e. The van der Waals surface area contributed by atoms with Crippen molar-refractivity contribution in [3.05, 3.63) is 65.3 Å². The molecule has 25 heavy (non-hydrogen) atoms. The van der Waals surface area contributed by atoms with Gasteiger partial charge >= 0.3 is 0 Å². The van der Waals surface area contributed by atoms with E-state index in [4.69, 9.17) is 16.3 Å². The first kappa shape index (κ1) is 17.5. The lowest BCUT2D eigenvalue weighted by molar-refractivity contribution is 0.311. The minimum atomic E-state index is 0.206. The van der Waals surface area contributed by atoms with Gasteiger partial charge in [-0.05, 0) is 43.2 Å². The summed E-state index contributed by atoms with van der Waals surface area (Å²) in [7, 11) is 5.81. The number of benzene rings is 2. The van der Waals surface area contributed by atoms with Gasteiger partial charge in [0.1, 0.15) is 16.7 Å². The third kappa shape index (κ3) is 4.03. The van der Waals surface area contributed by atoms with Crippen molar-refractivity contribution < 1.29 is 4.74 Å². The van der Waals surface area contributed by atoms with Crippen LogP contribution in [0.2, 0.25) is 5.15 Å². The highest BCUT2D eigenvalue weighted by Gasteiger charge is 2.15. The van der Waals surface area contributed by atoms with Crippen LogP contribution >= 0.6 is 11.6 Å². The van der Waals surface area contributed by atoms with Gasteiger partial charge in [-0.3, -0.25) is 0 Å². The second-order valence-corrected chi connectivity index (χ2v) is 6.51. The Hall–Kier alpha value is -2.30. The number of nitrogens with one attached hydrogen (secondary N) is 1. The molecule has 0 bridgehead atoms. The fourth-order valence-electron chi connectivity index (χ4n) is 2.87. The van der Waals surface area contributed by atoms with Gasteiger partial charge in [-0.1, -0.05) is 48.0 Å². The quantitative estimate of drug-likeness (QED) is 0.655. The summed E-state index contributed by atoms with van der Waals surface area (Å²) in [6.45, 7) is 0.723. The van der Waals surface area contributed by atoms with E-state index in [0.717, 1.165) is 28.9 Å². The van der Waals surface area contributed by atoms with Crippen molar-refractivity contribution in [1.82, 2.24) is 9.88 Å². The summed E-state index contributed by atoms with van der Waals surface area (Å²) >= 11 is 6.32. The summed E-state index contributed by atoms with van der Waals surface area (Å²) in [5.41, 5.74) is 1.21. The number of nitrogens with zero attached hydrogens (tertiary/aromatic N) is 2. The molecule has 0 aliphatic heterocycles. The van der Waals surface area contributed by atoms with Crippen LogP contribution in [-0.4, -0.2) is 37.6 Å². The molecular formula is C20H22ClN3O. The van der Waals surface area contributed by atoms with Crippen LogP contribution in [-0.2, 0) is 0 Å². The lowest BCUT2D eigenvalue weighted by Crippen LogP contribution is -2.27. The Morgan fingerprint density at radius 3 is 2.52 bits per heavy atom. The maximum Gasteiger partial charge on any atom is 0.139 e. The Bertz CT molecular complexity index is 849. The van der Waals surface area contributed by atoms with Crippen LogP contribution in [0.4, 0.5) is 5.82 Å². The first-order chi connectivity index (χ1) is 12.1. The van der Waals surface area contributed by atoms with Crippen molar-refractivity contribution in [2.45, 2.75) is 6.04 Å². The molecule has 1 unspecified atom stereocenters. The molecule has 1 aromatic heterocycles. The second kappa shape index (κ2) is 7.72. The normalized spacial score (nSPS) is 12.4. The van der Waals surface area contributed by atoms with Gasteiger partial charge in [0.2, 0.25) is 0 Å². The lowest BCUT2D eigenvalue weighted by atomic mass is 10.1. The molecule has 130 valence electrons. The highest BCUT2D eigenvalue weighted by Crippen LogP contribution is 2.26. The summed E-state index contributed by atoms with van der Waals surface area (Å²) < 4.78 is 5.24. The number of fused-ring (bicyclic) bond motifs is 1. The molecule has 0 saturated carbocycles. The average Bonchev–Trinajstić information content (AvgIpc) is 2.62. The van der Waals surface area contributed by atoms with Gasteiger partial charge in [-0.15, -0.1) is 0 Å². The summed E-state index contributed by atoms with van der Waals surface area (Å²) in [6.07, 6.45) is 0. The van der Waals surface area contributed by atoms with Crippen molar-refractivity contribution >= 4 is 28.2 Å². The molecule has 1 heterocycles.